The molecule has 0 bridgehead atoms. The monoisotopic (exact) mass is 1050 g/mol. The van der Waals surface area contributed by atoms with Crippen molar-refractivity contribution in [3.63, 3.8) is 0 Å². The maximum absolute atomic E-state index is 13.0. The van der Waals surface area contributed by atoms with Gasteiger partial charge in [-0.05, 0) is 44.9 Å². The van der Waals surface area contributed by atoms with Crippen molar-refractivity contribution in [2.24, 2.45) is 0 Å². The number of carbonyl (C=O) groups excluding carboxylic acids is 1. The van der Waals surface area contributed by atoms with Crippen LogP contribution in [0.25, 0.3) is 0 Å². The lowest BCUT2D eigenvalue weighted by atomic mass is 10.0. The van der Waals surface area contributed by atoms with Gasteiger partial charge in [0.1, 0.15) is 13.2 Å². The average Bonchev–Trinajstić information content (AvgIpc) is 3.35. The number of aliphatic hydroxyl groups is 1. The second-order valence-electron chi connectivity index (χ2n) is 23.5. The van der Waals surface area contributed by atoms with E-state index in [1.54, 1.807) is 0 Å². The number of nitrogens with one attached hydrogen (secondary N) is 1. The number of unbranched alkanes of at least 4 members (excludes halogenated alkanes) is 43. The van der Waals surface area contributed by atoms with Gasteiger partial charge >= 0.3 is 7.82 Å². The number of likely N-dealkylation sites (N-methyl/N-ethyl adjacent to an activating group) is 1. The first-order valence-electron chi connectivity index (χ1n) is 32.2. The summed E-state index contributed by atoms with van der Waals surface area (Å²) in [5.41, 5.74) is 0. The lowest BCUT2D eigenvalue weighted by Gasteiger charge is -2.26. The number of carbonyl (C=O) groups is 1. The SMILES string of the molecule is CCCCCCCCCCCCCCC/C=C\C/C=C\CCCCCCCCCCCCCCCCCCCC(=O)NC(COP(=O)(O)OCC[N+](C)(C)C)C(O)CCCCCCCCCCCCCCCC. The van der Waals surface area contributed by atoms with Crippen LogP contribution in [0.1, 0.15) is 328 Å². The number of rotatable bonds is 60. The molecule has 0 saturated heterocycles. The number of hydrogen-bond acceptors (Lipinski definition) is 5. The van der Waals surface area contributed by atoms with Gasteiger partial charge in [0.05, 0.1) is 39.9 Å². The first kappa shape index (κ1) is 72.0. The van der Waals surface area contributed by atoms with Crippen LogP contribution in [0.5, 0.6) is 0 Å². The molecule has 0 saturated carbocycles. The van der Waals surface area contributed by atoms with Crippen molar-refractivity contribution in [3.05, 3.63) is 24.3 Å². The van der Waals surface area contributed by atoms with Gasteiger partial charge in [-0.25, -0.2) is 4.57 Å². The highest BCUT2D eigenvalue weighted by Gasteiger charge is 2.28. The molecule has 0 aliphatic rings. The van der Waals surface area contributed by atoms with Crippen LogP contribution >= 0.6 is 7.82 Å². The highest BCUT2D eigenvalue weighted by Crippen LogP contribution is 2.43. The quantitative estimate of drug-likeness (QED) is 0.0243. The fourth-order valence-electron chi connectivity index (χ4n) is 9.90. The summed E-state index contributed by atoms with van der Waals surface area (Å²) < 4.78 is 23.8. The largest absolute Gasteiger partial charge is 0.472 e. The molecule has 434 valence electrons. The van der Waals surface area contributed by atoms with Crippen molar-refractivity contribution >= 4 is 13.7 Å². The summed E-state index contributed by atoms with van der Waals surface area (Å²) in [7, 11) is 1.63. The highest BCUT2D eigenvalue weighted by atomic mass is 31.2. The first-order valence-corrected chi connectivity index (χ1v) is 33.7. The molecule has 0 aliphatic heterocycles. The van der Waals surface area contributed by atoms with E-state index in [-0.39, 0.29) is 19.1 Å². The Hall–Kier alpha value is -1.02. The van der Waals surface area contributed by atoms with Gasteiger partial charge in [-0.3, -0.25) is 13.8 Å². The minimum atomic E-state index is -4.32. The number of phosphoric ester groups is 1. The van der Waals surface area contributed by atoms with E-state index in [0.717, 1.165) is 44.9 Å². The molecule has 8 nitrogen and oxygen atoms in total. The van der Waals surface area contributed by atoms with E-state index in [1.165, 1.54) is 257 Å². The molecular weight excluding hydrogens is 924 g/mol. The molecule has 0 heterocycles. The molecule has 3 unspecified atom stereocenters. The summed E-state index contributed by atoms with van der Waals surface area (Å²) in [4.78, 5) is 23.3. The zero-order chi connectivity index (χ0) is 53.5. The van der Waals surface area contributed by atoms with Crippen LogP contribution in [-0.2, 0) is 18.4 Å². The fraction of sp³-hybridized carbons (Fsp3) is 0.922. The summed E-state index contributed by atoms with van der Waals surface area (Å²) in [6.07, 6.45) is 71.3. The highest BCUT2D eigenvalue weighted by molar-refractivity contribution is 7.47. The summed E-state index contributed by atoms with van der Waals surface area (Å²) in [5, 5.41) is 14.1. The van der Waals surface area contributed by atoms with Crippen molar-refractivity contribution in [1.82, 2.24) is 5.32 Å². The number of nitrogens with zero attached hydrogens (tertiary/aromatic N) is 1. The molecule has 3 N–H and O–H groups in total. The number of allylic oxidation sites excluding steroid dienone is 4. The molecule has 0 aromatic carbocycles. The number of amides is 1. The van der Waals surface area contributed by atoms with Crippen LogP contribution in [0.15, 0.2) is 24.3 Å². The van der Waals surface area contributed by atoms with Crippen molar-refractivity contribution < 1.29 is 32.9 Å². The number of aliphatic hydroxyl groups excluding tert-OH is 1. The number of hydrogen-bond donors (Lipinski definition) is 3. The van der Waals surface area contributed by atoms with E-state index in [4.69, 9.17) is 9.05 Å². The average molecular weight is 1050 g/mol. The van der Waals surface area contributed by atoms with E-state index in [1.807, 2.05) is 21.1 Å². The maximum atomic E-state index is 13.0. The second kappa shape index (κ2) is 55.7. The Balaban J connectivity index is 3.90. The minimum Gasteiger partial charge on any atom is -0.391 e. The Kier molecular flexibility index (Phi) is 54.9. The zero-order valence-electron chi connectivity index (χ0n) is 49.7. The molecule has 0 fully saturated rings. The third-order valence-electron chi connectivity index (χ3n) is 15.0. The molecule has 1 amide bonds. The maximum Gasteiger partial charge on any atom is 0.472 e. The lowest BCUT2D eigenvalue weighted by molar-refractivity contribution is -0.870. The van der Waals surface area contributed by atoms with E-state index >= 15 is 0 Å². The summed E-state index contributed by atoms with van der Waals surface area (Å²) in [6.45, 7) is 4.93. The van der Waals surface area contributed by atoms with Gasteiger partial charge in [-0.15, -0.1) is 0 Å². The molecule has 0 aromatic rings. The van der Waals surface area contributed by atoms with E-state index in [9.17, 15) is 19.4 Å². The third-order valence-corrected chi connectivity index (χ3v) is 15.9. The number of phosphoric acid groups is 1. The van der Waals surface area contributed by atoms with E-state index < -0.39 is 20.0 Å². The molecule has 0 aromatic heterocycles. The Bertz CT molecular complexity index is 1240. The van der Waals surface area contributed by atoms with Gasteiger partial charge in [-0.2, -0.15) is 0 Å². The van der Waals surface area contributed by atoms with Crippen LogP contribution in [0, 0.1) is 0 Å². The molecule has 73 heavy (non-hydrogen) atoms. The van der Waals surface area contributed by atoms with Gasteiger partial charge < -0.3 is 19.8 Å². The summed E-state index contributed by atoms with van der Waals surface area (Å²) in [6, 6.07) is -0.758. The Morgan fingerprint density at radius 1 is 0.466 bits per heavy atom. The second-order valence-corrected chi connectivity index (χ2v) is 25.0. The normalized spacial score (nSPS) is 13.9. The Morgan fingerprint density at radius 3 is 1.12 bits per heavy atom. The molecule has 0 aliphatic carbocycles. The van der Waals surface area contributed by atoms with Crippen molar-refractivity contribution in [1.29, 1.82) is 0 Å². The Morgan fingerprint density at radius 2 is 0.781 bits per heavy atom. The lowest BCUT2D eigenvalue weighted by Crippen LogP contribution is -2.46. The van der Waals surface area contributed by atoms with Gasteiger partial charge in [0.2, 0.25) is 5.91 Å². The van der Waals surface area contributed by atoms with Gasteiger partial charge in [-0.1, -0.05) is 301 Å². The first-order chi connectivity index (χ1) is 35.5. The van der Waals surface area contributed by atoms with Gasteiger partial charge in [0, 0.05) is 6.42 Å². The van der Waals surface area contributed by atoms with Gasteiger partial charge in [0.25, 0.3) is 0 Å². The zero-order valence-corrected chi connectivity index (χ0v) is 50.5. The van der Waals surface area contributed by atoms with Crippen LogP contribution < -0.4 is 5.32 Å². The number of quaternary nitrogens is 1. The predicted molar refractivity (Wildman–Crippen MR) is 318 cm³/mol. The summed E-state index contributed by atoms with van der Waals surface area (Å²) in [5.74, 6) is -0.139. The summed E-state index contributed by atoms with van der Waals surface area (Å²) >= 11 is 0. The smallest absolute Gasteiger partial charge is 0.391 e. The minimum absolute atomic E-state index is 0.0768. The van der Waals surface area contributed by atoms with Gasteiger partial charge in [0.15, 0.2) is 0 Å². The third kappa shape index (κ3) is 58.5. The van der Waals surface area contributed by atoms with Crippen molar-refractivity contribution in [2.45, 2.75) is 341 Å². The van der Waals surface area contributed by atoms with E-state index in [0.29, 0.717) is 23.9 Å². The van der Waals surface area contributed by atoms with Crippen LogP contribution in [0.3, 0.4) is 0 Å². The molecule has 0 rings (SSSR count). The molecule has 3 atom stereocenters. The topological polar surface area (TPSA) is 105 Å². The molecular formula is C64H128N2O6P+. The standard InChI is InChI=1S/C64H127N2O6P/c1-6-8-10-12-14-16-18-20-22-23-24-25-26-27-28-29-30-31-32-33-34-35-36-37-38-39-40-41-42-43-44-46-48-50-52-54-56-58-64(68)65-62(61-72-73(69,70)71-60-59-66(3,4)5)63(67)57-55-53-51-49-47-45-21-19-17-15-13-11-9-7-2/h28-29,31-32,62-63,67H,6-27,30,33-61H2,1-5H3,(H-,65,68,69,70)/p+1/b29-28-,32-31-. The van der Waals surface area contributed by atoms with Crippen LogP contribution in [0.4, 0.5) is 0 Å². The molecule has 0 spiro atoms. The predicted octanol–water partition coefficient (Wildman–Crippen LogP) is 19.9. The van der Waals surface area contributed by atoms with E-state index in [2.05, 4.69) is 43.5 Å². The molecule has 0 radical (unpaired) electrons. The van der Waals surface area contributed by atoms with Crippen molar-refractivity contribution in [2.75, 3.05) is 40.9 Å². The van der Waals surface area contributed by atoms with Crippen molar-refractivity contribution in [3.8, 4) is 0 Å². The van der Waals surface area contributed by atoms with Crippen LogP contribution in [-0.4, -0.2) is 73.4 Å². The molecule has 9 heteroatoms. The fourth-order valence-corrected chi connectivity index (χ4v) is 10.6. The Labute approximate surface area is 455 Å². The van der Waals surface area contributed by atoms with Crippen LogP contribution in [0.2, 0.25) is 0 Å².